The van der Waals surface area contributed by atoms with Crippen LogP contribution in [0.2, 0.25) is 0 Å². The van der Waals surface area contributed by atoms with Crippen molar-refractivity contribution in [2.45, 2.75) is 44.1 Å². The van der Waals surface area contributed by atoms with Gasteiger partial charge in [0.1, 0.15) is 0 Å². The molecule has 7 nitrogen and oxygen atoms in total. The summed E-state index contributed by atoms with van der Waals surface area (Å²) in [5.74, 6) is 0. The molecule has 0 amide bonds. The summed E-state index contributed by atoms with van der Waals surface area (Å²) in [6, 6.07) is 0. The van der Waals surface area contributed by atoms with Gasteiger partial charge in [0, 0.05) is 6.42 Å². The molecule has 0 bridgehead atoms. The van der Waals surface area contributed by atoms with Gasteiger partial charge in [0.15, 0.2) is 0 Å². The van der Waals surface area contributed by atoms with Gasteiger partial charge in [-0.05, 0) is 18.3 Å². The van der Waals surface area contributed by atoms with Crippen molar-refractivity contribution in [3.8, 4) is 0 Å². The molecule has 0 saturated heterocycles. The van der Waals surface area contributed by atoms with Crippen LogP contribution in [-0.2, 0) is 9.13 Å². The second-order valence-corrected chi connectivity index (χ2v) is 9.07. The third kappa shape index (κ3) is 5.43. The topological polar surface area (TPSA) is 135 Å². The zero-order chi connectivity index (χ0) is 13.5. The number of hydrogen-bond acceptors (Lipinski definition) is 3. The first-order chi connectivity index (χ1) is 7.41. The van der Waals surface area contributed by atoms with E-state index in [2.05, 4.69) is 0 Å². The Morgan fingerprint density at radius 2 is 1.32 bits per heavy atom. The molecule has 0 atom stereocenters. The predicted octanol–water partition coefficient (Wildman–Crippen LogP) is -0.339. The van der Waals surface area contributed by atoms with E-state index in [1.165, 1.54) is 0 Å². The summed E-state index contributed by atoms with van der Waals surface area (Å²) in [5.41, 5.74) is -0.642. The van der Waals surface area contributed by atoms with Crippen molar-refractivity contribution in [2.75, 3.05) is 0 Å². The van der Waals surface area contributed by atoms with Gasteiger partial charge in [0.05, 0.1) is 0 Å². The van der Waals surface area contributed by atoms with Gasteiger partial charge in [-0.15, -0.1) is 0 Å². The van der Waals surface area contributed by atoms with Crippen LogP contribution in [0, 0.1) is 5.41 Å². The second kappa shape index (κ2) is 7.69. The Bertz CT molecular complexity index is 363. The van der Waals surface area contributed by atoms with E-state index in [4.69, 9.17) is 19.6 Å². The zero-order valence-corrected chi connectivity index (χ0v) is 11.3. The van der Waals surface area contributed by atoms with Crippen LogP contribution in [-0.4, -0.2) is 88.9 Å². The average Bonchev–Trinajstić information content (AvgIpc) is 2.47. The molecule has 1 fully saturated rings. The van der Waals surface area contributed by atoms with Crippen molar-refractivity contribution < 1.29 is 33.8 Å². The molecule has 0 radical (unpaired) electrons. The molecule has 1 aliphatic carbocycles. The van der Waals surface area contributed by atoms with Crippen LogP contribution in [0.1, 0.15) is 39.0 Å². The molecule has 0 heterocycles. The van der Waals surface area contributed by atoms with Crippen molar-refractivity contribution in [1.82, 2.24) is 0 Å². The van der Waals surface area contributed by atoms with E-state index in [-0.39, 0.29) is 59.1 Å². The van der Waals surface area contributed by atoms with Gasteiger partial charge in [-0.1, -0.05) is 19.8 Å². The molecule has 1 rings (SSSR count). The van der Waals surface area contributed by atoms with Crippen LogP contribution in [0.15, 0.2) is 0 Å². The van der Waals surface area contributed by atoms with Crippen molar-refractivity contribution >= 4 is 74.3 Å². The fourth-order valence-corrected chi connectivity index (χ4v) is 4.89. The fourth-order valence-electron chi connectivity index (χ4n) is 2.35. The van der Waals surface area contributed by atoms with Crippen molar-refractivity contribution in [3.63, 3.8) is 0 Å². The van der Waals surface area contributed by atoms with Crippen LogP contribution in [0.5, 0.6) is 0 Å². The van der Waals surface area contributed by atoms with Crippen molar-refractivity contribution in [2.24, 2.45) is 5.41 Å². The minimum absolute atomic E-state index is 0. The number of aliphatic hydroxyl groups is 1. The molecule has 1 saturated carbocycles. The molecule has 5 N–H and O–H groups in total. The van der Waals surface area contributed by atoms with Crippen LogP contribution in [0.3, 0.4) is 0 Å². The molecule has 0 aliphatic heterocycles. The summed E-state index contributed by atoms with van der Waals surface area (Å²) >= 11 is 0. The summed E-state index contributed by atoms with van der Waals surface area (Å²) < 4.78 is 22.4. The van der Waals surface area contributed by atoms with E-state index < -0.39 is 32.1 Å². The van der Waals surface area contributed by atoms with Gasteiger partial charge in [0.25, 0.3) is 5.08 Å². The Balaban J connectivity index is 0. The first kappa shape index (κ1) is 23.5. The third-order valence-corrected chi connectivity index (χ3v) is 7.15. The van der Waals surface area contributed by atoms with Crippen LogP contribution in [0.4, 0.5) is 0 Å². The normalized spacial score (nSPS) is 19.5. The SMILES string of the molecule is CC1(CC(O)(P(=O)(O)O)P(=O)(O)O)CCCC1.[NaH].[NaH]. The standard InChI is InChI=1S/C8H18O7P2.2Na.2H/c1-7(4-2-3-5-7)6-8(9,16(10,11)12)17(13,14)15;;;;/h9H,2-6H2,1H3,(H2,10,11,12)(H2,13,14,15);;;;. The Kier molecular flexibility index (Phi) is 9.52. The van der Waals surface area contributed by atoms with Gasteiger partial charge < -0.3 is 24.7 Å². The van der Waals surface area contributed by atoms with Gasteiger partial charge >= 0.3 is 74.3 Å². The number of hydrogen-bond donors (Lipinski definition) is 5. The number of rotatable bonds is 4. The molecule has 11 heteroatoms. The predicted molar refractivity (Wildman–Crippen MR) is 74.5 cm³/mol. The van der Waals surface area contributed by atoms with Crippen LogP contribution in [0.25, 0.3) is 0 Å². The van der Waals surface area contributed by atoms with E-state index in [0.29, 0.717) is 12.8 Å². The van der Waals surface area contributed by atoms with Crippen LogP contribution >= 0.6 is 15.2 Å². The van der Waals surface area contributed by atoms with Gasteiger partial charge in [-0.25, -0.2) is 0 Å². The maximum absolute atomic E-state index is 11.2. The molecule has 0 spiro atoms. The monoisotopic (exact) mass is 336 g/mol. The second-order valence-electron chi connectivity index (χ2n) is 5.06. The third-order valence-electron chi connectivity index (χ3n) is 3.41. The van der Waals surface area contributed by atoms with E-state index in [9.17, 15) is 14.2 Å². The molecule has 106 valence electrons. The average molecular weight is 336 g/mol. The molecule has 19 heavy (non-hydrogen) atoms. The molecule has 1 aliphatic rings. The van der Waals surface area contributed by atoms with Gasteiger partial charge in [-0.3, -0.25) is 9.13 Å². The molecule has 0 aromatic heterocycles. The summed E-state index contributed by atoms with van der Waals surface area (Å²) in [6.07, 6.45) is 2.25. The molecule has 0 aromatic carbocycles. The summed E-state index contributed by atoms with van der Waals surface area (Å²) in [5, 5.41) is 6.52. The van der Waals surface area contributed by atoms with Crippen LogP contribution < -0.4 is 0 Å². The summed E-state index contributed by atoms with van der Waals surface area (Å²) in [6.45, 7) is 1.68. The maximum atomic E-state index is 11.2. The Labute approximate surface area is 156 Å². The molecule has 0 unspecified atom stereocenters. The zero-order valence-electron chi connectivity index (χ0n) is 9.48. The van der Waals surface area contributed by atoms with Gasteiger partial charge in [0.2, 0.25) is 0 Å². The molecular formula is C8H20Na2O7P2. The van der Waals surface area contributed by atoms with E-state index in [0.717, 1.165) is 12.8 Å². The fraction of sp³-hybridized carbons (Fsp3) is 1.00. The van der Waals surface area contributed by atoms with Crippen molar-refractivity contribution in [1.29, 1.82) is 0 Å². The minimum atomic E-state index is -5.31. The van der Waals surface area contributed by atoms with E-state index >= 15 is 0 Å². The first-order valence-corrected chi connectivity index (χ1v) is 8.47. The quantitative estimate of drug-likeness (QED) is 0.350. The Hall–Kier alpha value is 2.26. The summed E-state index contributed by atoms with van der Waals surface area (Å²) in [4.78, 5) is 36.1. The summed E-state index contributed by atoms with van der Waals surface area (Å²) in [7, 11) is -10.6. The van der Waals surface area contributed by atoms with Crippen molar-refractivity contribution in [3.05, 3.63) is 0 Å². The first-order valence-electron chi connectivity index (χ1n) is 5.25. The van der Waals surface area contributed by atoms with Gasteiger partial charge in [-0.2, -0.15) is 0 Å². The van der Waals surface area contributed by atoms with E-state index in [1.807, 2.05) is 0 Å². The van der Waals surface area contributed by atoms with E-state index in [1.54, 1.807) is 6.92 Å². The molecular weight excluding hydrogens is 316 g/mol. The Morgan fingerprint density at radius 1 is 1.00 bits per heavy atom. The Morgan fingerprint density at radius 3 is 1.58 bits per heavy atom. The molecule has 0 aromatic rings.